The summed E-state index contributed by atoms with van der Waals surface area (Å²) in [6, 6.07) is 15.4. The summed E-state index contributed by atoms with van der Waals surface area (Å²) < 4.78 is 0. The fraction of sp³-hybridized carbons (Fsp3) is 0.429. The second-order valence-electron chi connectivity index (χ2n) is 5.91. The minimum absolute atomic E-state index is 1.06. The van der Waals surface area contributed by atoms with Crippen molar-refractivity contribution in [3.05, 3.63) is 60.2 Å². The Morgan fingerprint density at radius 2 is 1.52 bits per heavy atom. The predicted molar refractivity (Wildman–Crippen MR) is 94.8 cm³/mol. The molecule has 0 radical (unpaired) electrons. The second kappa shape index (κ2) is 9.39. The van der Waals surface area contributed by atoms with E-state index in [2.05, 4.69) is 61.5 Å². The average molecular weight is 280 g/mol. The Kier molecular flexibility index (Phi) is 7.07. The molecule has 0 saturated carbocycles. The first kappa shape index (κ1) is 15.8. The first-order valence-electron chi connectivity index (χ1n) is 8.53. The van der Waals surface area contributed by atoms with Crippen molar-refractivity contribution in [3.8, 4) is 0 Å². The molecule has 0 fully saturated rings. The van der Waals surface area contributed by atoms with Gasteiger partial charge in [0.1, 0.15) is 0 Å². The van der Waals surface area contributed by atoms with Crippen molar-refractivity contribution < 1.29 is 0 Å². The molecule has 112 valence electrons. The number of hydrogen-bond acceptors (Lipinski definition) is 0. The molecular weight excluding hydrogens is 252 g/mol. The molecule has 21 heavy (non-hydrogen) atoms. The van der Waals surface area contributed by atoms with Crippen LogP contribution in [0.3, 0.4) is 0 Å². The molecule has 0 heteroatoms. The lowest BCUT2D eigenvalue weighted by Crippen LogP contribution is -1.82. The molecule has 2 aromatic rings. The number of unbranched alkanes of at least 4 members (excludes halogenated alkanes) is 6. The van der Waals surface area contributed by atoms with E-state index in [1.54, 1.807) is 0 Å². The lowest BCUT2D eigenvalue weighted by atomic mass is 10.0. The fourth-order valence-electron chi connectivity index (χ4n) is 2.75. The van der Waals surface area contributed by atoms with Gasteiger partial charge in [0.25, 0.3) is 0 Å². The van der Waals surface area contributed by atoms with E-state index in [1.807, 2.05) is 0 Å². The van der Waals surface area contributed by atoms with Crippen LogP contribution in [0.2, 0.25) is 0 Å². The number of hydrogen-bond donors (Lipinski definition) is 0. The summed E-state index contributed by atoms with van der Waals surface area (Å²) in [5.41, 5.74) is 1.41. The molecular formula is C21H28. The molecule has 0 atom stereocenters. The number of allylic oxidation sites excluding steroid dienone is 2. The third kappa shape index (κ3) is 5.75. The van der Waals surface area contributed by atoms with Gasteiger partial charge < -0.3 is 0 Å². The van der Waals surface area contributed by atoms with E-state index in [-0.39, 0.29) is 0 Å². The van der Waals surface area contributed by atoms with Crippen LogP contribution < -0.4 is 0 Å². The Labute approximate surface area is 129 Å². The van der Waals surface area contributed by atoms with Crippen LogP contribution in [-0.2, 0) is 6.42 Å². The van der Waals surface area contributed by atoms with Gasteiger partial charge in [0, 0.05) is 0 Å². The second-order valence-corrected chi connectivity index (χ2v) is 5.91. The maximum absolute atomic E-state index is 2.36. The number of benzene rings is 2. The third-order valence-corrected chi connectivity index (χ3v) is 4.06. The highest BCUT2D eigenvalue weighted by atomic mass is 14.0. The molecule has 0 heterocycles. The van der Waals surface area contributed by atoms with Crippen LogP contribution in [0.5, 0.6) is 0 Å². The van der Waals surface area contributed by atoms with Crippen LogP contribution in [0.15, 0.2) is 54.6 Å². The van der Waals surface area contributed by atoms with Crippen LogP contribution in [-0.4, -0.2) is 0 Å². The van der Waals surface area contributed by atoms with Crippen LogP contribution in [0.1, 0.15) is 57.4 Å². The summed E-state index contributed by atoms with van der Waals surface area (Å²) >= 11 is 0. The van der Waals surface area contributed by atoms with E-state index in [1.165, 1.54) is 61.3 Å². The van der Waals surface area contributed by atoms with E-state index in [4.69, 9.17) is 0 Å². The van der Waals surface area contributed by atoms with E-state index in [0.29, 0.717) is 0 Å². The van der Waals surface area contributed by atoms with Gasteiger partial charge in [-0.05, 0) is 35.6 Å². The van der Waals surface area contributed by atoms with Crippen LogP contribution in [0, 0.1) is 0 Å². The quantitative estimate of drug-likeness (QED) is 0.354. The Morgan fingerprint density at radius 1 is 0.762 bits per heavy atom. The van der Waals surface area contributed by atoms with Crippen molar-refractivity contribution in [1.82, 2.24) is 0 Å². The zero-order valence-electron chi connectivity index (χ0n) is 13.4. The smallest absolute Gasteiger partial charge is 0.00972 e. The molecule has 0 N–H and O–H groups in total. The fourth-order valence-corrected chi connectivity index (χ4v) is 2.75. The molecule has 0 amide bonds. The molecule has 0 aliphatic heterocycles. The zero-order valence-corrected chi connectivity index (χ0v) is 13.4. The van der Waals surface area contributed by atoms with Gasteiger partial charge in [-0.1, -0.05) is 93.6 Å². The minimum atomic E-state index is 1.06. The Bertz CT molecular complexity index is 551. The third-order valence-electron chi connectivity index (χ3n) is 4.06. The molecule has 0 aliphatic carbocycles. The molecule has 0 aliphatic rings. The molecule has 2 rings (SSSR count). The molecule has 0 nitrogen and oxygen atoms in total. The highest BCUT2D eigenvalue weighted by molar-refractivity contribution is 5.83. The topological polar surface area (TPSA) is 0 Å². The minimum Gasteiger partial charge on any atom is -0.0882 e. The van der Waals surface area contributed by atoms with Crippen LogP contribution in [0.25, 0.3) is 10.8 Å². The summed E-state index contributed by atoms with van der Waals surface area (Å²) in [6.45, 7) is 2.27. The number of rotatable bonds is 9. The van der Waals surface area contributed by atoms with Crippen LogP contribution >= 0.6 is 0 Å². The highest BCUT2D eigenvalue weighted by Gasteiger charge is 1.94. The lowest BCUT2D eigenvalue weighted by molar-refractivity contribution is 0.611. The first-order valence-corrected chi connectivity index (χ1v) is 8.53. The van der Waals surface area contributed by atoms with Gasteiger partial charge in [-0.25, -0.2) is 0 Å². The van der Waals surface area contributed by atoms with Gasteiger partial charge >= 0.3 is 0 Å². The Hall–Kier alpha value is -1.56. The molecule has 0 aromatic heterocycles. The maximum atomic E-state index is 2.36. The summed E-state index contributed by atoms with van der Waals surface area (Å²) in [4.78, 5) is 0. The van der Waals surface area contributed by atoms with E-state index in [9.17, 15) is 0 Å². The molecule has 0 unspecified atom stereocenters. The monoisotopic (exact) mass is 280 g/mol. The van der Waals surface area contributed by atoms with Crippen LogP contribution in [0.4, 0.5) is 0 Å². The first-order chi connectivity index (χ1) is 10.4. The van der Waals surface area contributed by atoms with Crippen molar-refractivity contribution in [2.45, 2.75) is 58.3 Å². The lowest BCUT2D eigenvalue weighted by Gasteiger charge is -2.01. The summed E-state index contributed by atoms with van der Waals surface area (Å²) in [5.74, 6) is 0. The summed E-state index contributed by atoms with van der Waals surface area (Å²) in [6.07, 6.45) is 15.3. The molecule has 0 spiro atoms. The SMILES string of the molecule is CCCCCCCC/C=C/Cc1ccc2ccccc2c1. The van der Waals surface area contributed by atoms with Gasteiger partial charge in [-0.3, -0.25) is 0 Å². The van der Waals surface area contributed by atoms with Crippen molar-refractivity contribution in [1.29, 1.82) is 0 Å². The van der Waals surface area contributed by atoms with Gasteiger partial charge in [0.15, 0.2) is 0 Å². The highest BCUT2D eigenvalue weighted by Crippen LogP contribution is 2.16. The Balaban J connectivity index is 1.68. The van der Waals surface area contributed by atoms with Crippen molar-refractivity contribution >= 4 is 10.8 Å². The van der Waals surface area contributed by atoms with Crippen molar-refractivity contribution in [2.24, 2.45) is 0 Å². The Morgan fingerprint density at radius 3 is 2.38 bits per heavy atom. The number of fused-ring (bicyclic) bond motifs is 1. The van der Waals surface area contributed by atoms with Crippen molar-refractivity contribution in [2.75, 3.05) is 0 Å². The molecule has 0 saturated heterocycles. The van der Waals surface area contributed by atoms with Crippen molar-refractivity contribution in [3.63, 3.8) is 0 Å². The maximum Gasteiger partial charge on any atom is -0.00972 e. The van der Waals surface area contributed by atoms with Gasteiger partial charge in [-0.15, -0.1) is 0 Å². The standard InChI is InChI=1S/C21H28/c1-2-3-4-5-6-7-8-9-10-13-19-16-17-20-14-11-12-15-21(20)18-19/h9-12,14-18H,2-8,13H2,1H3/b10-9+. The summed E-state index contributed by atoms with van der Waals surface area (Å²) in [7, 11) is 0. The normalized spacial score (nSPS) is 11.5. The van der Waals surface area contributed by atoms with E-state index in [0.717, 1.165) is 6.42 Å². The molecule has 2 aromatic carbocycles. The van der Waals surface area contributed by atoms with E-state index >= 15 is 0 Å². The predicted octanol–water partition coefficient (Wildman–Crippen LogP) is 6.69. The van der Waals surface area contributed by atoms with Gasteiger partial charge in [0.2, 0.25) is 0 Å². The average Bonchev–Trinajstić information content (AvgIpc) is 2.53. The molecule has 0 bridgehead atoms. The summed E-state index contributed by atoms with van der Waals surface area (Å²) in [5, 5.41) is 2.68. The largest absolute Gasteiger partial charge is 0.0882 e. The van der Waals surface area contributed by atoms with Gasteiger partial charge in [-0.2, -0.15) is 0 Å². The van der Waals surface area contributed by atoms with Gasteiger partial charge in [0.05, 0.1) is 0 Å². The van der Waals surface area contributed by atoms with E-state index < -0.39 is 0 Å². The zero-order chi connectivity index (χ0) is 14.8.